The molecule has 0 heterocycles. The van der Waals surface area contributed by atoms with E-state index in [0.717, 1.165) is 28.5 Å². The van der Waals surface area contributed by atoms with E-state index < -0.39 is 17.5 Å². The third-order valence-electron chi connectivity index (χ3n) is 7.71. The number of benzene rings is 3. The molecule has 8 heteroatoms. The standard InChI is InChI=1S/C33H37N3O5/c1-36(2)29-14-12-26(13-15-29)25-10-7-24(8-11-25)22-33(19-17-27(18-20-33)35-32(40)41-3)31(39)34-28-6-4-5-23(21-28)9-16-30(37)38/h4-16,21,27H,17-20,22H2,1-3H3,(H,34,39)(H,35,40)(H,37,38). The highest BCUT2D eigenvalue weighted by atomic mass is 16.5. The number of hydrogen-bond donors (Lipinski definition) is 3. The number of carboxylic acid groups (broad SMARTS) is 1. The molecule has 3 aromatic carbocycles. The number of carboxylic acids is 1. The second-order valence-corrected chi connectivity index (χ2v) is 10.8. The van der Waals surface area contributed by atoms with Crippen LogP contribution in [-0.2, 0) is 20.7 Å². The van der Waals surface area contributed by atoms with Crippen molar-refractivity contribution >= 4 is 35.4 Å². The SMILES string of the molecule is COC(=O)NC1CCC(Cc2ccc(-c3ccc(N(C)C)cc3)cc2)(C(=O)Nc2cccc(C=CC(=O)O)c2)CC1. The largest absolute Gasteiger partial charge is 0.478 e. The Kier molecular flexibility index (Phi) is 9.45. The maximum atomic E-state index is 13.9. The number of nitrogens with zero attached hydrogens (tertiary/aromatic N) is 1. The maximum absolute atomic E-state index is 13.9. The van der Waals surface area contributed by atoms with Crippen LogP contribution in [0.15, 0.2) is 78.9 Å². The van der Waals surface area contributed by atoms with Gasteiger partial charge in [0.05, 0.1) is 12.5 Å². The van der Waals surface area contributed by atoms with Crippen LogP contribution < -0.4 is 15.5 Å². The molecule has 1 aliphatic carbocycles. The summed E-state index contributed by atoms with van der Waals surface area (Å²) in [5.41, 5.74) is 5.05. The van der Waals surface area contributed by atoms with Gasteiger partial charge in [0.25, 0.3) is 0 Å². The Bertz CT molecular complexity index is 1390. The molecule has 0 unspecified atom stereocenters. The molecular weight excluding hydrogens is 518 g/mol. The minimum atomic E-state index is -1.03. The summed E-state index contributed by atoms with van der Waals surface area (Å²) in [6, 6.07) is 23.8. The maximum Gasteiger partial charge on any atom is 0.407 e. The van der Waals surface area contributed by atoms with Crippen molar-refractivity contribution in [3.05, 3.63) is 90.0 Å². The molecule has 8 nitrogen and oxygen atoms in total. The van der Waals surface area contributed by atoms with Gasteiger partial charge < -0.3 is 25.4 Å². The van der Waals surface area contributed by atoms with Gasteiger partial charge in [0.1, 0.15) is 0 Å². The first kappa shape index (κ1) is 29.4. The van der Waals surface area contributed by atoms with Gasteiger partial charge in [0.2, 0.25) is 5.91 Å². The number of carbonyl (C=O) groups excluding carboxylic acids is 2. The molecule has 2 amide bonds. The van der Waals surface area contributed by atoms with Crippen molar-refractivity contribution in [2.45, 2.75) is 38.1 Å². The molecule has 41 heavy (non-hydrogen) atoms. The van der Waals surface area contributed by atoms with E-state index in [0.29, 0.717) is 43.4 Å². The van der Waals surface area contributed by atoms with Crippen molar-refractivity contribution in [2.24, 2.45) is 5.41 Å². The third-order valence-corrected chi connectivity index (χ3v) is 7.71. The van der Waals surface area contributed by atoms with Crippen molar-refractivity contribution < 1.29 is 24.2 Å². The topological polar surface area (TPSA) is 108 Å². The average molecular weight is 556 g/mol. The van der Waals surface area contributed by atoms with Crippen molar-refractivity contribution in [3.63, 3.8) is 0 Å². The number of ether oxygens (including phenoxy) is 1. The monoisotopic (exact) mass is 555 g/mol. The zero-order valence-corrected chi connectivity index (χ0v) is 23.7. The van der Waals surface area contributed by atoms with Crippen LogP contribution >= 0.6 is 0 Å². The number of nitrogens with one attached hydrogen (secondary N) is 2. The normalized spacial score (nSPS) is 18.5. The van der Waals surface area contributed by atoms with Crippen LogP contribution in [-0.4, -0.2) is 50.3 Å². The summed E-state index contributed by atoms with van der Waals surface area (Å²) in [6.45, 7) is 0. The molecule has 4 rings (SSSR count). The summed E-state index contributed by atoms with van der Waals surface area (Å²) in [5, 5.41) is 14.9. The van der Waals surface area contributed by atoms with Crippen molar-refractivity contribution in [1.29, 1.82) is 0 Å². The zero-order chi connectivity index (χ0) is 29.4. The molecular formula is C33H37N3O5. The molecule has 0 aliphatic heterocycles. The van der Waals surface area contributed by atoms with Crippen molar-refractivity contribution in [1.82, 2.24) is 5.32 Å². The fraction of sp³-hybridized carbons (Fsp3) is 0.303. The molecule has 0 spiro atoms. The molecule has 3 N–H and O–H groups in total. The molecule has 1 saturated carbocycles. The summed E-state index contributed by atoms with van der Waals surface area (Å²) in [7, 11) is 5.37. The Morgan fingerprint density at radius 1 is 0.976 bits per heavy atom. The number of anilines is 2. The minimum absolute atomic E-state index is 0.0552. The lowest BCUT2D eigenvalue weighted by Crippen LogP contribution is -2.46. The van der Waals surface area contributed by atoms with Gasteiger partial charge in [0, 0.05) is 37.6 Å². The Balaban J connectivity index is 1.54. The summed E-state index contributed by atoms with van der Waals surface area (Å²) in [6.07, 6.45) is 5.15. The van der Waals surface area contributed by atoms with Crippen LogP contribution in [0.4, 0.5) is 16.2 Å². The Morgan fingerprint density at radius 2 is 1.61 bits per heavy atom. The van der Waals surface area contributed by atoms with E-state index >= 15 is 0 Å². The smallest absolute Gasteiger partial charge is 0.407 e. The van der Waals surface area contributed by atoms with E-state index in [1.165, 1.54) is 13.2 Å². The number of aliphatic carboxylic acids is 1. The lowest BCUT2D eigenvalue weighted by molar-refractivity contribution is -0.131. The lowest BCUT2D eigenvalue weighted by atomic mass is 9.68. The van der Waals surface area contributed by atoms with Crippen LogP contribution in [0.5, 0.6) is 0 Å². The van der Waals surface area contributed by atoms with Gasteiger partial charge >= 0.3 is 12.1 Å². The third kappa shape index (κ3) is 7.75. The zero-order valence-electron chi connectivity index (χ0n) is 23.7. The quantitative estimate of drug-likeness (QED) is 0.280. The highest BCUT2D eigenvalue weighted by Gasteiger charge is 2.42. The fourth-order valence-electron chi connectivity index (χ4n) is 5.33. The van der Waals surface area contributed by atoms with E-state index in [2.05, 4.69) is 64.1 Å². The predicted octanol–water partition coefficient (Wildman–Crippen LogP) is 5.98. The first-order chi connectivity index (χ1) is 19.7. The fourth-order valence-corrected chi connectivity index (χ4v) is 5.33. The van der Waals surface area contributed by atoms with Crippen molar-refractivity contribution in [2.75, 3.05) is 31.4 Å². The highest BCUT2D eigenvalue weighted by molar-refractivity contribution is 5.96. The van der Waals surface area contributed by atoms with Crippen LogP contribution in [0.1, 0.15) is 36.8 Å². The van der Waals surface area contributed by atoms with Crippen LogP contribution in [0.3, 0.4) is 0 Å². The molecule has 1 aliphatic rings. The molecule has 214 valence electrons. The number of amides is 2. The minimum Gasteiger partial charge on any atom is -0.478 e. The molecule has 0 atom stereocenters. The highest BCUT2D eigenvalue weighted by Crippen LogP contribution is 2.41. The lowest BCUT2D eigenvalue weighted by Gasteiger charge is -2.39. The second-order valence-electron chi connectivity index (χ2n) is 10.8. The van der Waals surface area contributed by atoms with Gasteiger partial charge in [-0.2, -0.15) is 0 Å². The summed E-state index contributed by atoms with van der Waals surface area (Å²) >= 11 is 0. The summed E-state index contributed by atoms with van der Waals surface area (Å²) < 4.78 is 4.76. The molecule has 0 radical (unpaired) electrons. The van der Waals surface area contributed by atoms with E-state index in [1.807, 2.05) is 14.1 Å². The number of alkyl carbamates (subject to hydrolysis) is 1. The average Bonchev–Trinajstić information content (AvgIpc) is 2.97. The first-order valence-electron chi connectivity index (χ1n) is 13.7. The van der Waals surface area contributed by atoms with Crippen molar-refractivity contribution in [3.8, 4) is 11.1 Å². The Morgan fingerprint density at radius 3 is 2.20 bits per heavy atom. The van der Waals surface area contributed by atoms with Gasteiger partial charge in [0.15, 0.2) is 0 Å². The number of hydrogen-bond acceptors (Lipinski definition) is 5. The number of methoxy groups -OCH3 is 1. The number of carbonyl (C=O) groups is 3. The summed E-state index contributed by atoms with van der Waals surface area (Å²) in [4.78, 5) is 38.7. The first-order valence-corrected chi connectivity index (χ1v) is 13.7. The van der Waals surface area contributed by atoms with Crippen LogP contribution in [0, 0.1) is 5.41 Å². The summed E-state index contributed by atoms with van der Waals surface area (Å²) in [5.74, 6) is -1.12. The Hall–Kier alpha value is -4.59. The van der Waals surface area contributed by atoms with Crippen LogP contribution in [0.2, 0.25) is 0 Å². The Labute approximate surface area is 241 Å². The molecule has 0 aromatic heterocycles. The second kappa shape index (κ2) is 13.2. The van der Waals surface area contributed by atoms with Crippen LogP contribution in [0.25, 0.3) is 17.2 Å². The molecule has 1 fully saturated rings. The van der Waals surface area contributed by atoms with E-state index in [4.69, 9.17) is 9.84 Å². The van der Waals surface area contributed by atoms with Gasteiger partial charge in [-0.1, -0.05) is 48.5 Å². The molecule has 0 saturated heterocycles. The van der Waals surface area contributed by atoms with E-state index in [9.17, 15) is 14.4 Å². The number of rotatable bonds is 9. The van der Waals surface area contributed by atoms with E-state index in [1.54, 1.807) is 24.3 Å². The van der Waals surface area contributed by atoms with Gasteiger partial charge in [-0.3, -0.25) is 4.79 Å². The molecule has 3 aromatic rings. The predicted molar refractivity (Wildman–Crippen MR) is 162 cm³/mol. The van der Waals surface area contributed by atoms with E-state index in [-0.39, 0.29) is 11.9 Å². The molecule has 0 bridgehead atoms. The van der Waals surface area contributed by atoms with Gasteiger partial charge in [-0.05, 0) is 84.7 Å². The van der Waals surface area contributed by atoms with Gasteiger partial charge in [-0.15, -0.1) is 0 Å². The van der Waals surface area contributed by atoms with Gasteiger partial charge in [-0.25, -0.2) is 9.59 Å².